The van der Waals surface area contributed by atoms with Crippen LogP contribution in [-0.4, -0.2) is 24.9 Å². The van der Waals surface area contributed by atoms with Crippen molar-refractivity contribution in [3.63, 3.8) is 0 Å². The van der Waals surface area contributed by atoms with E-state index < -0.39 is 0 Å². The smallest absolute Gasteiger partial charge is 0.253 e. The number of aryl methyl sites for hydroxylation is 2. The van der Waals surface area contributed by atoms with E-state index in [1.807, 2.05) is 31.2 Å². The van der Waals surface area contributed by atoms with Crippen LogP contribution in [0.1, 0.15) is 27.9 Å². The highest BCUT2D eigenvalue weighted by Gasteiger charge is 2.12. The van der Waals surface area contributed by atoms with E-state index >= 15 is 0 Å². The third kappa shape index (κ3) is 5.21. The first-order valence-electron chi connectivity index (χ1n) is 8.03. The highest BCUT2D eigenvalue weighted by molar-refractivity contribution is 6.03. The van der Waals surface area contributed by atoms with Gasteiger partial charge in [-0.15, -0.1) is 0 Å². The van der Waals surface area contributed by atoms with Crippen LogP contribution in [0.4, 0.5) is 5.69 Å². The first kappa shape index (κ1) is 17.7. The van der Waals surface area contributed by atoms with Crippen molar-refractivity contribution in [1.82, 2.24) is 5.32 Å². The van der Waals surface area contributed by atoms with Gasteiger partial charge in [0, 0.05) is 19.5 Å². The molecule has 0 radical (unpaired) electrons. The van der Waals surface area contributed by atoms with Crippen molar-refractivity contribution in [2.45, 2.75) is 19.8 Å². The Morgan fingerprint density at radius 1 is 1.04 bits per heavy atom. The summed E-state index contributed by atoms with van der Waals surface area (Å²) in [7, 11) is 0. The van der Waals surface area contributed by atoms with Crippen LogP contribution in [0.15, 0.2) is 48.5 Å². The zero-order chi connectivity index (χ0) is 17.4. The first-order chi connectivity index (χ1) is 11.6. The second-order valence-corrected chi connectivity index (χ2v) is 5.62. The molecule has 0 aliphatic heterocycles. The second kappa shape index (κ2) is 8.84. The predicted octanol–water partition coefficient (Wildman–Crippen LogP) is 2.25. The third-order valence-electron chi connectivity index (χ3n) is 3.64. The zero-order valence-electron chi connectivity index (χ0n) is 13.8. The molecular weight excluding hydrogens is 302 g/mol. The molecule has 0 bridgehead atoms. The number of anilines is 1. The molecule has 0 atom stereocenters. The summed E-state index contributed by atoms with van der Waals surface area (Å²) >= 11 is 0. The lowest BCUT2D eigenvalue weighted by Crippen LogP contribution is -2.30. The van der Waals surface area contributed by atoms with E-state index in [0.29, 0.717) is 37.2 Å². The molecule has 2 aromatic rings. The van der Waals surface area contributed by atoms with Gasteiger partial charge >= 0.3 is 0 Å². The van der Waals surface area contributed by atoms with Gasteiger partial charge in [-0.25, -0.2) is 0 Å². The van der Waals surface area contributed by atoms with Gasteiger partial charge in [-0.1, -0.05) is 42.0 Å². The van der Waals surface area contributed by atoms with Crippen molar-refractivity contribution in [2.75, 3.05) is 18.4 Å². The SMILES string of the molecule is Cc1ccc(CCC(=O)Nc2ccccc2C(=O)NCCN)cc1. The van der Waals surface area contributed by atoms with Crippen molar-refractivity contribution in [1.29, 1.82) is 0 Å². The fourth-order valence-corrected chi connectivity index (χ4v) is 2.30. The Labute approximate surface area is 142 Å². The lowest BCUT2D eigenvalue weighted by Gasteiger charge is -2.11. The summed E-state index contributed by atoms with van der Waals surface area (Å²) in [6.07, 6.45) is 1.02. The maximum Gasteiger partial charge on any atom is 0.253 e. The van der Waals surface area contributed by atoms with E-state index in [4.69, 9.17) is 5.73 Å². The fourth-order valence-electron chi connectivity index (χ4n) is 2.30. The number of carbonyl (C=O) groups is 2. The number of rotatable bonds is 7. The number of nitrogens with one attached hydrogen (secondary N) is 2. The molecule has 24 heavy (non-hydrogen) atoms. The van der Waals surface area contributed by atoms with E-state index in [2.05, 4.69) is 10.6 Å². The Balaban J connectivity index is 1.96. The summed E-state index contributed by atoms with van der Waals surface area (Å²) in [5.41, 5.74) is 8.66. The number of hydrogen-bond acceptors (Lipinski definition) is 3. The van der Waals surface area contributed by atoms with E-state index in [9.17, 15) is 9.59 Å². The molecule has 4 N–H and O–H groups in total. The maximum atomic E-state index is 12.2. The van der Waals surface area contributed by atoms with E-state index in [1.54, 1.807) is 24.3 Å². The summed E-state index contributed by atoms with van der Waals surface area (Å²) in [5, 5.41) is 5.53. The van der Waals surface area contributed by atoms with Crippen LogP contribution in [-0.2, 0) is 11.2 Å². The molecule has 0 saturated heterocycles. The van der Waals surface area contributed by atoms with Crippen LogP contribution < -0.4 is 16.4 Å². The van der Waals surface area contributed by atoms with Crippen LogP contribution in [0.5, 0.6) is 0 Å². The predicted molar refractivity (Wildman–Crippen MR) is 96.0 cm³/mol. The Bertz CT molecular complexity index is 696. The monoisotopic (exact) mass is 325 g/mol. The van der Waals surface area contributed by atoms with Gasteiger partial charge < -0.3 is 16.4 Å². The van der Waals surface area contributed by atoms with Crippen LogP contribution in [0, 0.1) is 6.92 Å². The fraction of sp³-hybridized carbons (Fsp3) is 0.263. The minimum absolute atomic E-state index is 0.116. The topological polar surface area (TPSA) is 84.2 Å². The van der Waals surface area contributed by atoms with E-state index in [-0.39, 0.29) is 11.8 Å². The average Bonchev–Trinajstić information content (AvgIpc) is 2.59. The second-order valence-electron chi connectivity index (χ2n) is 5.62. The number of para-hydroxylation sites is 1. The van der Waals surface area contributed by atoms with Gasteiger partial charge in [-0.2, -0.15) is 0 Å². The summed E-state index contributed by atoms with van der Waals surface area (Å²) < 4.78 is 0. The summed E-state index contributed by atoms with van der Waals surface area (Å²) in [6, 6.07) is 15.1. The number of amides is 2. The molecule has 2 rings (SSSR count). The first-order valence-corrected chi connectivity index (χ1v) is 8.03. The van der Waals surface area contributed by atoms with Gasteiger partial charge in [0.2, 0.25) is 5.91 Å². The highest BCUT2D eigenvalue weighted by Crippen LogP contribution is 2.15. The lowest BCUT2D eigenvalue weighted by atomic mass is 10.1. The number of benzene rings is 2. The van der Waals surface area contributed by atoms with E-state index in [0.717, 1.165) is 5.56 Å². The molecule has 0 aliphatic rings. The molecule has 0 spiro atoms. The largest absolute Gasteiger partial charge is 0.351 e. The van der Waals surface area contributed by atoms with Gasteiger partial charge in [0.25, 0.3) is 5.91 Å². The standard InChI is InChI=1S/C19H23N3O2/c1-14-6-8-15(9-7-14)10-11-18(23)22-17-5-3-2-4-16(17)19(24)21-13-12-20/h2-9H,10-13,20H2,1H3,(H,21,24)(H,22,23). The Hall–Kier alpha value is -2.66. The van der Waals surface area contributed by atoms with Crippen LogP contribution in [0.25, 0.3) is 0 Å². The molecule has 0 unspecified atom stereocenters. The van der Waals surface area contributed by atoms with Crippen LogP contribution in [0.2, 0.25) is 0 Å². The van der Waals surface area contributed by atoms with Gasteiger partial charge in [0.1, 0.15) is 0 Å². The summed E-state index contributed by atoms with van der Waals surface area (Å²) in [4.78, 5) is 24.3. The minimum atomic E-state index is -0.241. The molecule has 126 valence electrons. The summed E-state index contributed by atoms with van der Waals surface area (Å²) in [5.74, 6) is -0.357. The van der Waals surface area contributed by atoms with Crippen molar-refractivity contribution in [2.24, 2.45) is 5.73 Å². The number of carbonyl (C=O) groups excluding carboxylic acids is 2. The molecule has 5 nitrogen and oxygen atoms in total. The molecule has 0 heterocycles. The summed E-state index contributed by atoms with van der Waals surface area (Å²) in [6.45, 7) is 2.80. The molecular formula is C19H23N3O2. The van der Waals surface area contributed by atoms with Crippen molar-refractivity contribution < 1.29 is 9.59 Å². The Morgan fingerprint density at radius 3 is 2.46 bits per heavy atom. The Morgan fingerprint density at radius 2 is 1.75 bits per heavy atom. The Kier molecular flexibility index (Phi) is 6.51. The van der Waals surface area contributed by atoms with Gasteiger partial charge in [-0.05, 0) is 31.0 Å². The highest BCUT2D eigenvalue weighted by atomic mass is 16.2. The van der Waals surface area contributed by atoms with Crippen molar-refractivity contribution in [3.05, 3.63) is 65.2 Å². The van der Waals surface area contributed by atoms with E-state index in [1.165, 1.54) is 5.56 Å². The third-order valence-corrected chi connectivity index (χ3v) is 3.64. The molecule has 2 amide bonds. The van der Waals surface area contributed by atoms with Gasteiger partial charge in [0.15, 0.2) is 0 Å². The molecule has 2 aromatic carbocycles. The van der Waals surface area contributed by atoms with Crippen molar-refractivity contribution in [3.8, 4) is 0 Å². The number of nitrogens with two attached hydrogens (primary N) is 1. The maximum absolute atomic E-state index is 12.2. The zero-order valence-corrected chi connectivity index (χ0v) is 13.8. The number of hydrogen-bond donors (Lipinski definition) is 3. The minimum Gasteiger partial charge on any atom is -0.351 e. The lowest BCUT2D eigenvalue weighted by molar-refractivity contribution is -0.116. The molecule has 5 heteroatoms. The molecule has 0 fully saturated rings. The quantitative estimate of drug-likeness (QED) is 0.730. The van der Waals surface area contributed by atoms with Crippen molar-refractivity contribution >= 4 is 17.5 Å². The molecule has 0 saturated carbocycles. The van der Waals surface area contributed by atoms with Gasteiger partial charge in [0.05, 0.1) is 11.3 Å². The van der Waals surface area contributed by atoms with Gasteiger partial charge in [-0.3, -0.25) is 9.59 Å². The molecule has 0 aliphatic carbocycles. The van der Waals surface area contributed by atoms with Crippen LogP contribution >= 0.6 is 0 Å². The molecule has 0 aromatic heterocycles. The normalized spacial score (nSPS) is 10.2. The average molecular weight is 325 g/mol. The van der Waals surface area contributed by atoms with Crippen LogP contribution in [0.3, 0.4) is 0 Å².